The maximum absolute atomic E-state index is 12.7. The molecule has 0 radical (unpaired) electrons. The van der Waals surface area contributed by atoms with Gasteiger partial charge in [0.25, 0.3) is 0 Å². The van der Waals surface area contributed by atoms with E-state index in [2.05, 4.69) is 18.0 Å². The molecule has 0 atom stereocenters. The Kier molecular flexibility index (Phi) is 4.51. The first-order valence-corrected chi connectivity index (χ1v) is 7.92. The third-order valence-electron chi connectivity index (χ3n) is 4.31. The van der Waals surface area contributed by atoms with Crippen LogP contribution in [0, 0.1) is 0 Å². The Morgan fingerprint density at radius 3 is 2.65 bits per heavy atom. The first kappa shape index (κ1) is 15.4. The van der Waals surface area contributed by atoms with Gasteiger partial charge in [0, 0.05) is 26.6 Å². The molecule has 4 nitrogen and oxygen atoms in total. The molecule has 4 heteroatoms. The topological polar surface area (TPSA) is 32.8 Å². The van der Waals surface area contributed by atoms with Gasteiger partial charge in [0.05, 0.1) is 18.5 Å². The number of carbonyl (C=O) groups excluding carboxylic acids is 1. The number of methoxy groups -OCH3 is 1. The van der Waals surface area contributed by atoms with Crippen LogP contribution in [0.25, 0.3) is 0 Å². The lowest BCUT2D eigenvalue weighted by atomic mass is 10.1. The van der Waals surface area contributed by atoms with Crippen LogP contribution in [0.5, 0.6) is 5.75 Å². The predicted octanol–water partition coefficient (Wildman–Crippen LogP) is 3.11. The number of benzene rings is 2. The van der Waals surface area contributed by atoms with E-state index in [0.29, 0.717) is 6.42 Å². The number of para-hydroxylation sites is 2. The highest BCUT2D eigenvalue weighted by Crippen LogP contribution is 2.32. The zero-order valence-corrected chi connectivity index (χ0v) is 13.7. The van der Waals surface area contributed by atoms with Crippen LogP contribution in [0.1, 0.15) is 12.0 Å². The summed E-state index contributed by atoms with van der Waals surface area (Å²) in [6.45, 7) is 1.60. The molecular weight excluding hydrogens is 288 g/mol. The molecule has 1 heterocycles. The molecule has 0 aliphatic carbocycles. The van der Waals surface area contributed by atoms with Crippen molar-refractivity contribution in [1.82, 2.24) is 0 Å². The average molecular weight is 310 g/mol. The number of rotatable bonds is 4. The summed E-state index contributed by atoms with van der Waals surface area (Å²) in [4.78, 5) is 16.8. The molecule has 0 saturated heterocycles. The van der Waals surface area contributed by atoms with E-state index in [1.807, 2.05) is 47.4 Å². The van der Waals surface area contributed by atoms with Crippen LogP contribution >= 0.6 is 0 Å². The number of carbonyl (C=O) groups is 1. The first-order valence-electron chi connectivity index (χ1n) is 7.92. The van der Waals surface area contributed by atoms with Crippen molar-refractivity contribution in [2.75, 3.05) is 37.0 Å². The van der Waals surface area contributed by atoms with Gasteiger partial charge in [-0.2, -0.15) is 0 Å². The Morgan fingerprint density at radius 2 is 1.87 bits per heavy atom. The normalized spacial score (nSPS) is 13.7. The molecule has 120 valence electrons. The number of likely N-dealkylation sites (N-methyl/N-ethyl adjacent to an activating group) is 1. The Hall–Kier alpha value is -2.49. The molecule has 3 rings (SSSR count). The quantitative estimate of drug-likeness (QED) is 0.870. The van der Waals surface area contributed by atoms with Gasteiger partial charge >= 0.3 is 0 Å². The fraction of sp³-hybridized carbons (Fsp3) is 0.316. The maximum Gasteiger partial charge on any atom is 0.227 e. The Labute approximate surface area is 137 Å². The standard InChI is InChI=1S/C19H22N2O2/c1-20-12-13-21(18-9-4-3-8-17(18)20)19(22)11-10-15-6-5-7-16(14-15)23-2/h3-9,14H,10-13H2,1-2H3. The second-order valence-electron chi connectivity index (χ2n) is 5.81. The van der Waals surface area contributed by atoms with Crippen molar-refractivity contribution >= 4 is 17.3 Å². The van der Waals surface area contributed by atoms with Gasteiger partial charge in [-0.3, -0.25) is 4.79 Å². The van der Waals surface area contributed by atoms with Crippen molar-refractivity contribution in [2.45, 2.75) is 12.8 Å². The minimum Gasteiger partial charge on any atom is -0.497 e. The summed E-state index contributed by atoms with van der Waals surface area (Å²) in [6.07, 6.45) is 1.23. The number of fused-ring (bicyclic) bond motifs is 1. The Balaban J connectivity index is 1.70. The molecule has 0 fully saturated rings. The van der Waals surface area contributed by atoms with Gasteiger partial charge < -0.3 is 14.5 Å². The van der Waals surface area contributed by atoms with E-state index in [0.717, 1.165) is 42.2 Å². The summed E-state index contributed by atoms with van der Waals surface area (Å²) in [6, 6.07) is 16.0. The van der Waals surface area contributed by atoms with Crippen molar-refractivity contribution in [3.05, 3.63) is 54.1 Å². The number of nitrogens with zero attached hydrogens (tertiary/aromatic N) is 2. The number of anilines is 2. The Morgan fingerprint density at radius 1 is 1.09 bits per heavy atom. The summed E-state index contributed by atoms with van der Waals surface area (Å²) >= 11 is 0. The van der Waals surface area contributed by atoms with Gasteiger partial charge in [0.1, 0.15) is 5.75 Å². The highest BCUT2D eigenvalue weighted by molar-refractivity contribution is 5.97. The molecule has 0 N–H and O–H groups in total. The van der Waals surface area contributed by atoms with Crippen molar-refractivity contribution in [1.29, 1.82) is 0 Å². The smallest absolute Gasteiger partial charge is 0.227 e. The molecule has 0 aromatic heterocycles. The minimum atomic E-state index is 0.174. The van der Waals surface area contributed by atoms with E-state index in [9.17, 15) is 4.79 Å². The zero-order valence-electron chi connectivity index (χ0n) is 13.7. The fourth-order valence-electron chi connectivity index (χ4n) is 2.98. The second kappa shape index (κ2) is 6.73. The fourth-order valence-corrected chi connectivity index (χ4v) is 2.98. The second-order valence-corrected chi connectivity index (χ2v) is 5.81. The third kappa shape index (κ3) is 3.31. The SMILES string of the molecule is COc1cccc(CCC(=O)N2CCN(C)c3ccccc32)c1. The van der Waals surface area contributed by atoms with Crippen molar-refractivity contribution in [3.8, 4) is 5.75 Å². The van der Waals surface area contributed by atoms with Gasteiger partial charge in [-0.25, -0.2) is 0 Å². The molecule has 0 spiro atoms. The molecule has 1 aliphatic rings. The summed E-state index contributed by atoms with van der Waals surface area (Å²) < 4.78 is 5.24. The largest absolute Gasteiger partial charge is 0.497 e. The predicted molar refractivity (Wildman–Crippen MR) is 93.4 cm³/mol. The first-order chi connectivity index (χ1) is 11.2. The van der Waals surface area contributed by atoms with Gasteiger partial charge in [-0.1, -0.05) is 24.3 Å². The lowest BCUT2D eigenvalue weighted by Crippen LogP contribution is -2.42. The molecule has 1 aliphatic heterocycles. The number of amides is 1. The van der Waals surface area contributed by atoms with E-state index in [-0.39, 0.29) is 5.91 Å². The highest BCUT2D eigenvalue weighted by atomic mass is 16.5. The number of hydrogen-bond donors (Lipinski definition) is 0. The summed E-state index contributed by atoms with van der Waals surface area (Å²) in [5.41, 5.74) is 3.26. The summed E-state index contributed by atoms with van der Waals surface area (Å²) in [7, 11) is 3.72. The van der Waals surface area contributed by atoms with E-state index in [1.54, 1.807) is 7.11 Å². The van der Waals surface area contributed by atoms with E-state index in [4.69, 9.17) is 4.74 Å². The monoisotopic (exact) mass is 310 g/mol. The zero-order chi connectivity index (χ0) is 16.2. The lowest BCUT2D eigenvalue weighted by molar-refractivity contribution is -0.118. The molecule has 0 bridgehead atoms. The summed E-state index contributed by atoms with van der Waals surface area (Å²) in [5, 5.41) is 0. The van der Waals surface area contributed by atoms with Crippen molar-refractivity contribution in [2.24, 2.45) is 0 Å². The molecule has 2 aromatic carbocycles. The van der Waals surface area contributed by atoms with E-state index in [1.165, 1.54) is 0 Å². The third-order valence-corrected chi connectivity index (χ3v) is 4.31. The molecule has 0 unspecified atom stereocenters. The number of aryl methyl sites for hydroxylation is 1. The van der Waals surface area contributed by atoms with Crippen molar-refractivity contribution in [3.63, 3.8) is 0 Å². The molecule has 2 aromatic rings. The van der Waals surface area contributed by atoms with Crippen molar-refractivity contribution < 1.29 is 9.53 Å². The number of ether oxygens (including phenoxy) is 1. The van der Waals surface area contributed by atoms with Crippen LogP contribution in [0.2, 0.25) is 0 Å². The van der Waals surface area contributed by atoms with E-state index < -0.39 is 0 Å². The van der Waals surface area contributed by atoms with Crippen LogP contribution in [-0.4, -0.2) is 33.2 Å². The van der Waals surface area contributed by atoms with Gasteiger partial charge in [-0.05, 0) is 36.2 Å². The van der Waals surface area contributed by atoms with Gasteiger partial charge in [0.15, 0.2) is 0 Å². The average Bonchev–Trinajstić information content (AvgIpc) is 2.60. The van der Waals surface area contributed by atoms with Crippen LogP contribution in [0.15, 0.2) is 48.5 Å². The lowest BCUT2D eigenvalue weighted by Gasteiger charge is -2.35. The molecular formula is C19H22N2O2. The molecule has 23 heavy (non-hydrogen) atoms. The maximum atomic E-state index is 12.7. The summed E-state index contributed by atoms with van der Waals surface area (Å²) in [5.74, 6) is 1.01. The molecule has 1 amide bonds. The van der Waals surface area contributed by atoms with Crippen LogP contribution < -0.4 is 14.5 Å². The highest BCUT2D eigenvalue weighted by Gasteiger charge is 2.24. The van der Waals surface area contributed by atoms with Gasteiger partial charge in [0.2, 0.25) is 5.91 Å². The van der Waals surface area contributed by atoms with Crippen LogP contribution in [-0.2, 0) is 11.2 Å². The van der Waals surface area contributed by atoms with Crippen LogP contribution in [0.3, 0.4) is 0 Å². The Bertz CT molecular complexity index is 699. The molecule has 0 saturated carbocycles. The van der Waals surface area contributed by atoms with E-state index >= 15 is 0 Å². The van der Waals surface area contributed by atoms with Gasteiger partial charge in [-0.15, -0.1) is 0 Å². The minimum absolute atomic E-state index is 0.174. The van der Waals surface area contributed by atoms with Crippen LogP contribution in [0.4, 0.5) is 11.4 Å². The number of hydrogen-bond acceptors (Lipinski definition) is 3.